The lowest BCUT2D eigenvalue weighted by Gasteiger charge is -2.15. The first-order valence-electron chi connectivity index (χ1n) is 5.11. The molecule has 0 aliphatic heterocycles. The zero-order chi connectivity index (χ0) is 11.7. The molecule has 1 heterocycles. The van der Waals surface area contributed by atoms with Crippen LogP contribution in [0.15, 0.2) is 12.4 Å². The van der Waals surface area contributed by atoms with Crippen molar-refractivity contribution in [2.45, 2.75) is 18.9 Å². The molecule has 1 fully saturated rings. The molecule has 2 rings (SSSR count). The number of carbonyl (C=O) groups is 1. The molecule has 0 radical (unpaired) electrons. The molecule has 0 N–H and O–H groups in total. The minimum Gasteiger partial charge on any atom is -0.488 e. The Labute approximate surface area is 108 Å². The second-order valence-electron chi connectivity index (χ2n) is 4.01. The molecule has 0 atom stereocenters. The summed E-state index contributed by atoms with van der Waals surface area (Å²) in [5.41, 5.74) is 0.545. The number of nitrogens with zero attached hydrogens (tertiary/aromatic N) is 2. The average molecular weight is 332 g/mol. The predicted octanol–water partition coefficient (Wildman–Crippen LogP) is 1.93. The fourth-order valence-corrected chi connectivity index (χ4v) is 1.87. The third kappa shape index (κ3) is 2.45. The van der Waals surface area contributed by atoms with E-state index in [0.717, 1.165) is 16.4 Å². The molecule has 0 spiro atoms. The summed E-state index contributed by atoms with van der Waals surface area (Å²) >= 11 is 2.15. The average Bonchev–Trinajstić information content (AvgIpc) is 3.03. The Hall–Kier alpha value is -0.850. The summed E-state index contributed by atoms with van der Waals surface area (Å²) < 4.78 is 6.65. The van der Waals surface area contributed by atoms with E-state index in [4.69, 9.17) is 4.74 Å². The van der Waals surface area contributed by atoms with Crippen LogP contribution in [0.1, 0.15) is 23.2 Å². The number of hydrogen-bond acceptors (Lipinski definition) is 3. The van der Waals surface area contributed by atoms with Gasteiger partial charge < -0.3 is 9.64 Å². The molecule has 4 nitrogen and oxygen atoms in total. The maximum Gasteiger partial charge on any atom is 0.258 e. The molecule has 0 bridgehead atoms. The highest BCUT2D eigenvalue weighted by Crippen LogP contribution is 2.32. The van der Waals surface area contributed by atoms with Crippen molar-refractivity contribution in [3.8, 4) is 5.75 Å². The van der Waals surface area contributed by atoms with E-state index in [0.29, 0.717) is 11.3 Å². The molecule has 1 saturated carbocycles. The van der Waals surface area contributed by atoms with Crippen LogP contribution in [-0.4, -0.2) is 36.0 Å². The van der Waals surface area contributed by atoms with E-state index in [1.54, 1.807) is 26.5 Å². The van der Waals surface area contributed by atoms with Crippen LogP contribution in [0, 0.1) is 3.57 Å². The second-order valence-corrected chi connectivity index (χ2v) is 5.18. The first-order chi connectivity index (χ1) is 7.59. The van der Waals surface area contributed by atoms with E-state index >= 15 is 0 Å². The van der Waals surface area contributed by atoms with E-state index in [1.165, 1.54) is 4.90 Å². The van der Waals surface area contributed by atoms with Crippen molar-refractivity contribution in [2.24, 2.45) is 0 Å². The largest absolute Gasteiger partial charge is 0.488 e. The van der Waals surface area contributed by atoms with E-state index in [9.17, 15) is 4.79 Å². The fourth-order valence-electron chi connectivity index (χ4n) is 1.29. The predicted molar refractivity (Wildman–Crippen MR) is 68.6 cm³/mol. The van der Waals surface area contributed by atoms with Gasteiger partial charge >= 0.3 is 0 Å². The number of hydrogen-bond donors (Lipinski definition) is 0. The number of halogens is 1. The first kappa shape index (κ1) is 11.6. The topological polar surface area (TPSA) is 42.4 Å². The standard InChI is InChI=1S/C11H13IN2O2/c1-14(2)11(15)8-5-13-6-9(12)10(8)16-7-3-4-7/h5-7H,3-4H2,1-2H3. The highest BCUT2D eigenvalue weighted by Gasteiger charge is 2.27. The number of amides is 1. The van der Waals surface area contributed by atoms with Gasteiger partial charge in [-0.2, -0.15) is 0 Å². The maximum atomic E-state index is 11.9. The van der Waals surface area contributed by atoms with Crippen molar-refractivity contribution in [3.63, 3.8) is 0 Å². The maximum absolute atomic E-state index is 11.9. The quantitative estimate of drug-likeness (QED) is 0.795. The van der Waals surface area contributed by atoms with E-state index in [2.05, 4.69) is 27.6 Å². The zero-order valence-corrected chi connectivity index (χ0v) is 11.4. The van der Waals surface area contributed by atoms with Gasteiger partial charge in [-0.3, -0.25) is 9.78 Å². The Morgan fingerprint density at radius 1 is 1.50 bits per heavy atom. The van der Waals surface area contributed by atoms with Crippen LogP contribution in [0.25, 0.3) is 0 Å². The van der Waals surface area contributed by atoms with E-state index < -0.39 is 0 Å². The van der Waals surface area contributed by atoms with Crippen molar-refractivity contribution in [1.82, 2.24) is 9.88 Å². The highest BCUT2D eigenvalue weighted by atomic mass is 127. The zero-order valence-electron chi connectivity index (χ0n) is 9.24. The van der Waals surface area contributed by atoms with Gasteiger partial charge in [0, 0.05) is 26.5 Å². The Morgan fingerprint density at radius 2 is 2.19 bits per heavy atom. The molecule has 16 heavy (non-hydrogen) atoms. The highest BCUT2D eigenvalue weighted by molar-refractivity contribution is 14.1. The Kier molecular flexibility index (Phi) is 3.32. The smallest absolute Gasteiger partial charge is 0.258 e. The van der Waals surface area contributed by atoms with Crippen LogP contribution in [0.3, 0.4) is 0 Å². The lowest BCUT2D eigenvalue weighted by molar-refractivity contribution is 0.0822. The molecule has 1 amide bonds. The molecular formula is C11H13IN2O2. The van der Waals surface area contributed by atoms with Crippen molar-refractivity contribution < 1.29 is 9.53 Å². The van der Waals surface area contributed by atoms with Crippen LogP contribution >= 0.6 is 22.6 Å². The van der Waals surface area contributed by atoms with Gasteiger partial charge in [-0.1, -0.05) is 0 Å². The Morgan fingerprint density at radius 3 is 2.75 bits per heavy atom. The number of ether oxygens (including phenoxy) is 1. The van der Waals surface area contributed by atoms with E-state index in [1.807, 2.05) is 0 Å². The molecular weight excluding hydrogens is 319 g/mol. The van der Waals surface area contributed by atoms with Crippen LogP contribution in [0.4, 0.5) is 0 Å². The molecule has 1 aliphatic rings. The summed E-state index contributed by atoms with van der Waals surface area (Å²) in [5, 5.41) is 0. The Bertz CT molecular complexity index is 416. The summed E-state index contributed by atoms with van der Waals surface area (Å²) in [7, 11) is 3.45. The van der Waals surface area contributed by atoms with Gasteiger partial charge in [0.2, 0.25) is 0 Å². The first-order valence-corrected chi connectivity index (χ1v) is 6.19. The molecule has 5 heteroatoms. The van der Waals surface area contributed by atoms with Crippen molar-refractivity contribution in [2.75, 3.05) is 14.1 Å². The van der Waals surface area contributed by atoms with Crippen molar-refractivity contribution in [1.29, 1.82) is 0 Å². The van der Waals surface area contributed by atoms with Crippen LogP contribution < -0.4 is 4.74 Å². The summed E-state index contributed by atoms with van der Waals surface area (Å²) in [6, 6.07) is 0. The van der Waals surface area contributed by atoms with Gasteiger partial charge in [0.15, 0.2) is 0 Å². The third-order valence-corrected chi connectivity index (χ3v) is 3.07. The SMILES string of the molecule is CN(C)C(=O)c1cncc(I)c1OC1CC1. The normalized spacial score (nSPS) is 14.7. The summed E-state index contributed by atoms with van der Waals surface area (Å²) in [6.45, 7) is 0. The number of rotatable bonds is 3. The molecule has 0 saturated heterocycles. The summed E-state index contributed by atoms with van der Waals surface area (Å²) in [4.78, 5) is 17.5. The summed E-state index contributed by atoms with van der Waals surface area (Å²) in [5.74, 6) is 0.610. The molecule has 1 aromatic heterocycles. The van der Waals surface area contributed by atoms with Crippen molar-refractivity contribution >= 4 is 28.5 Å². The number of aromatic nitrogens is 1. The number of pyridine rings is 1. The molecule has 0 unspecified atom stereocenters. The molecule has 1 aromatic rings. The monoisotopic (exact) mass is 332 g/mol. The number of carbonyl (C=O) groups excluding carboxylic acids is 1. The lowest BCUT2D eigenvalue weighted by atomic mass is 10.2. The Balaban J connectivity index is 2.34. The molecule has 0 aromatic carbocycles. The van der Waals surface area contributed by atoms with Crippen LogP contribution in [0.5, 0.6) is 5.75 Å². The van der Waals surface area contributed by atoms with Gasteiger partial charge in [-0.25, -0.2) is 0 Å². The third-order valence-electron chi connectivity index (χ3n) is 2.30. The molecule has 86 valence electrons. The lowest BCUT2D eigenvalue weighted by Crippen LogP contribution is -2.23. The van der Waals surface area contributed by atoms with Gasteiger partial charge in [0.05, 0.1) is 9.67 Å². The fraction of sp³-hybridized carbons (Fsp3) is 0.455. The van der Waals surface area contributed by atoms with Crippen LogP contribution in [-0.2, 0) is 0 Å². The van der Waals surface area contributed by atoms with Gasteiger partial charge in [-0.15, -0.1) is 0 Å². The van der Waals surface area contributed by atoms with Gasteiger partial charge in [0.1, 0.15) is 11.3 Å². The second kappa shape index (κ2) is 4.57. The van der Waals surface area contributed by atoms with E-state index in [-0.39, 0.29) is 12.0 Å². The summed E-state index contributed by atoms with van der Waals surface area (Å²) in [6.07, 6.45) is 5.72. The molecule has 1 aliphatic carbocycles. The van der Waals surface area contributed by atoms with Crippen LogP contribution in [0.2, 0.25) is 0 Å². The van der Waals surface area contributed by atoms with Crippen molar-refractivity contribution in [3.05, 3.63) is 21.5 Å². The minimum absolute atomic E-state index is 0.0679. The van der Waals surface area contributed by atoms with Gasteiger partial charge in [0.25, 0.3) is 5.91 Å². The minimum atomic E-state index is -0.0679. The van der Waals surface area contributed by atoms with Gasteiger partial charge in [-0.05, 0) is 35.4 Å².